The number of benzene rings is 1. The minimum absolute atomic E-state index is 0.686. The molecule has 2 rings (SSSR count). The van der Waals surface area contributed by atoms with E-state index in [2.05, 4.69) is 30.8 Å². The molecule has 1 aromatic rings. The molecule has 104 valence electrons. The van der Waals surface area contributed by atoms with Gasteiger partial charge in [-0.3, -0.25) is 0 Å². The Morgan fingerprint density at radius 3 is 2.74 bits per heavy atom. The molecule has 0 radical (unpaired) electrons. The lowest BCUT2D eigenvalue weighted by Gasteiger charge is -2.21. The van der Waals surface area contributed by atoms with Crippen molar-refractivity contribution in [1.29, 1.82) is 0 Å². The van der Waals surface area contributed by atoms with E-state index in [0.717, 1.165) is 12.3 Å². The van der Waals surface area contributed by atoms with Crippen LogP contribution in [0.4, 0.5) is 0 Å². The van der Waals surface area contributed by atoms with Crippen LogP contribution in [0.2, 0.25) is 0 Å². The number of rotatable bonds is 6. The van der Waals surface area contributed by atoms with Crippen molar-refractivity contribution in [3.05, 3.63) is 42.0 Å². The van der Waals surface area contributed by atoms with Gasteiger partial charge in [-0.2, -0.15) is 0 Å². The van der Waals surface area contributed by atoms with Crippen LogP contribution in [0.25, 0.3) is 5.57 Å². The van der Waals surface area contributed by atoms with E-state index in [1.165, 1.54) is 61.6 Å². The van der Waals surface area contributed by atoms with Crippen molar-refractivity contribution in [2.24, 2.45) is 11.7 Å². The zero-order valence-electron chi connectivity index (χ0n) is 12.0. The zero-order valence-corrected chi connectivity index (χ0v) is 12.0. The summed E-state index contributed by atoms with van der Waals surface area (Å²) in [4.78, 5) is 0. The van der Waals surface area contributed by atoms with Crippen LogP contribution in [-0.4, -0.2) is 6.54 Å². The standard InChI is InChI=1S/C18H27N/c1-15(12-13-19)18-9-5-8-17(14-18)11-10-16-6-3-2-4-7-16/h5,8-9,14,16H,1-4,6-7,10-13,19H2. The lowest BCUT2D eigenvalue weighted by Crippen LogP contribution is -2.07. The summed E-state index contributed by atoms with van der Waals surface area (Å²) in [6.45, 7) is 4.81. The van der Waals surface area contributed by atoms with Crippen molar-refractivity contribution in [3.8, 4) is 0 Å². The summed E-state index contributed by atoms with van der Waals surface area (Å²) in [6.07, 6.45) is 10.7. The first-order chi connectivity index (χ1) is 9.29. The summed E-state index contributed by atoms with van der Waals surface area (Å²) in [5, 5.41) is 0. The van der Waals surface area contributed by atoms with Gasteiger partial charge in [0.1, 0.15) is 0 Å². The third-order valence-corrected chi connectivity index (χ3v) is 4.35. The van der Waals surface area contributed by atoms with Crippen molar-refractivity contribution < 1.29 is 0 Å². The summed E-state index contributed by atoms with van der Waals surface area (Å²) >= 11 is 0. The maximum atomic E-state index is 5.60. The van der Waals surface area contributed by atoms with Crippen LogP contribution in [0.5, 0.6) is 0 Å². The average molecular weight is 257 g/mol. The second-order valence-corrected chi connectivity index (χ2v) is 5.89. The topological polar surface area (TPSA) is 26.0 Å². The molecule has 0 spiro atoms. The Hall–Kier alpha value is -1.08. The molecule has 1 aliphatic carbocycles. The first-order valence-corrected chi connectivity index (χ1v) is 7.77. The average Bonchev–Trinajstić information content (AvgIpc) is 2.47. The van der Waals surface area contributed by atoms with Crippen molar-refractivity contribution in [3.63, 3.8) is 0 Å². The first-order valence-electron chi connectivity index (χ1n) is 7.77. The maximum absolute atomic E-state index is 5.60. The Bertz CT molecular complexity index is 402. The highest BCUT2D eigenvalue weighted by atomic mass is 14.5. The predicted molar refractivity (Wildman–Crippen MR) is 84.0 cm³/mol. The molecule has 1 fully saturated rings. The SMILES string of the molecule is C=C(CCN)c1cccc(CCC2CCCCC2)c1. The van der Waals surface area contributed by atoms with Gasteiger partial charge < -0.3 is 5.73 Å². The van der Waals surface area contributed by atoms with E-state index in [-0.39, 0.29) is 0 Å². The molecule has 1 aliphatic rings. The van der Waals surface area contributed by atoms with E-state index < -0.39 is 0 Å². The summed E-state index contributed by atoms with van der Waals surface area (Å²) < 4.78 is 0. The Labute approximate surface area is 117 Å². The molecular weight excluding hydrogens is 230 g/mol. The molecule has 1 nitrogen and oxygen atoms in total. The molecule has 1 saturated carbocycles. The molecule has 0 aromatic heterocycles. The van der Waals surface area contributed by atoms with Gasteiger partial charge in [0.15, 0.2) is 0 Å². The molecule has 0 unspecified atom stereocenters. The van der Waals surface area contributed by atoms with E-state index in [4.69, 9.17) is 5.73 Å². The molecule has 0 atom stereocenters. The van der Waals surface area contributed by atoms with Crippen LogP contribution in [0.3, 0.4) is 0 Å². The first kappa shape index (κ1) is 14.3. The molecular formula is C18H27N. The molecule has 0 heterocycles. The zero-order chi connectivity index (χ0) is 13.5. The molecule has 1 heteroatoms. The van der Waals surface area contributed by atoms with Gasteiger partial charge in [0, 0.05) is 0 Å². The Balaban J connectivity index is 1.89. The third kappa shape index (κ3) is 4.50. The minimum atomic E-state index is 0.686. The quantitative estimate of drug-likeness (QED) is 0.794. The van der Waals surface area contributed by atoms with E-state index in [1.807, 2.05) is 0 Å². The fourth-order valence-electron chi connectivity index (χ4n) is 3.11. The van der Waals surface area contributed by atoms with Gasteiger partial charge in [-0.1, -0.05) is 62.9 Å². The van der Waals surface area contributed by atoms with Gasteiger partial charge in [-0.05, 0) is 48.4 Å². The van der Waals surface area contributed by atoms with Gasteiger partial charge in [-0.15, -0.1) is 0 Å². The summed E-state index contributed by atoms with van der Waals surface area (Å²) in [6, 6.07) is 8.87. The molecule has 0 saturated heterocycles. The van der Waals surface area contributed by atoms with Crippen molar-refractivity contribution >= 4 is 5.57 Å². The molecule has 1 aromatic carbocycles. The highest BCUT2D eigenvalue weighted by Crippen LogP contribution is 2.28. The van der Waals surface area contributed by atoms with Crippen molar-refractivity contribution in [1.82, 2.24) is 0 Å². The normalized spacial score (nSPS) is 16.5. The van der Waals surface area contributed by atoms with E-state index in [9.17, 15) is 0 Å². The van der Waals surface area contributed by atoms with Gasteiger partial charge in [0.25, 0.3) is 0 Å². The van der Waals surface area contributed by atoms with Gasteiger partial charge >= 0.3 is 0 Å². The highest BCUT2D eigenvalue weighted by Gasteiger charge is 2.13. The Kier molecular flexibility index (Phi) is 5.65. The van der Waals surface area contributed by atoms with E-state index in [0.29, 0.717) is 6.54 Å². The molecule has 0 aliphatic heterocycles. The number of hydrogen-bond acceptors (Lipinski definition) is 1. The number of aryl methyl sites for hydroxylation is 1. The van der Waals surface area contributed by atoms with Crippen molar-refractivity contribution in [2.45, 2.75) is 51.4 Å². The maximum Gasteiger partial charge on any atom is -0.00367 e. The van der Waals surface area contributed by atoms with Crippen LogP contribution in [0.1, 0.15) is 56.1 Å². The van der Waals surface area contributed by atoms with Crippen LogP contribution >= 0.6 is 0 Å². The Morgan fingerprint density at radius 1 is 1.21 bits per heavy atom. The predicted octanol–water partition coefficient (Wildman–Crippen LogP) is 4.56. The van der Waals surface area contributed by atoms with Gasteiger partial charge in [0.2, 0.25) is 0 Å². The second kappa shape index (κ2) is 7.49. The van der Waals surface area contributed by atoms with E-state index >= 15 is 0 Å². The molecule has 0 bridgehead atoms. The number of hydrogen-bond donors (Lipinski definition) is 1. The number of nitrogens with two attached hydrogens (primary N) is 1. The summed E-state index contributed by atoms with van der Waals surface area (Å²) in [5.41, 5.74) is 9.50. The summed E-state index contributed by atoms with van der Waals surface area (Å²) in [7, 11) is 0. The van der Waals surface area contributed by atoms with Gasteiger partial charge in [0.05, 0.1) is 0 Å². The van der Waals surface area contributed by atoms with Crippen molar-refractivity contribution in [2.75, 3.05) is 6.54 Å². The fraction of sp³-hybridized carbons (Fsp3) is 0.556. The van der Waals surface area contributed by atoms with E-state index in [1.54, 1.807) is 0 Å². The van der Waals surface area contributed by atoms with Crippen LogP contribution in [0.15, 0.2) is 30.8 Å². The minimum Gasteiger partial charge on any atom is -0.330 e. The monoisotopic (exact) mass is 257 g/mol. The van der Waals surface area contributed by atoms with Crippen LogP contribution in [0, 0.1) is 5.92 Å². The highest BCUT2D eigenvalue weighted by molar-refractivity contribution is 5.63. The summed E-state index contributed by atoms with van der Waals surface area (Å²) in [5.74, 6) is 0.963. The Morgan fingerprint density at radius 2 is 2.00 bits per heavy atom. The lowest BCUT2D eigenvalue weighted by atomic mass is 9.85. The fourth-order valence-corrected chi connectivity index (χ4v) is 3.11. The van der Waals surface area contributed by atoms with Gasteiger partial charge in [-0.25, -0.2) is 0 Å². The third-order valence-electron chi connectivity index (χ3n) is 4.35. The molecule has 2 N–H and O–H groups in total. The largest absolute Gasteiger partial charge is 0.330 e. The molecule has 19 heavy (non-hydrogen) atoms. The molecule has 0 amide bonds. The lowest BCUT2D eigenvalue weighted by molar-refractivity contribution is 0.339. The van der Waals surface area contributed by atoms with Crippen LogP contribution in [-0.2, 0) is 6.42 Å². The van der Waals surface area contributed by atoms with Crippen LogP contribution < -0.4 is 5.73 Å². The second-order valence-electron chi connectivity index (χ2n) is 5.89. The smallest absolute Gasteiger partial charge is 0.00367 e.